The summed E-state index contributed by atoms with van der Waals surface area (Å²) in [6, 6.07) is 8.43. The Morgan fingerprint density at radius 1 is 1.22 bits per heavy atom. The minimum absolute atomic E-state index is 0.0621. The first-order valence-electron chi connectivity index (χ1n) is 12.0. The number of thioether (sulfide) groups is 2. The molecule has 0 aliphatic carbocycles. The van der Waals surface area contributed by atoms with Crippen molar-refractivity contribution in [2.24, 2.45) is 0 Å². The van der Waals surface area contributed by atoms with Crippen LogP contribution in [0, 0.1) is 0 Å². The van der Waals surface area contributed by atoms with E-state index in [-0.39, 0.29) is 11.6 Å². The molecule has 192 valence electrons. The van der Waals surface area contributed by atoms with Gasteiger partial charge in [0.05, 0.1) is 10.6 Å². The maximum atomic E-state index is 13.9. The van der Waals surface area contributed by atoms with Crippen molar-refractivity contribution >= 4 is 52.2 Å². The lowest BCUT2D eigenvalue weighted by molar-refractivity contribution is -0.137. The summed E-state index contributed by atoms with van der Waals surface area (Å²) in [5.74, 6) is 2.99. The number of hydrogen-bond acceptors (Lipinski definition) is 8. The molecule has 36 heavy (non-hydrogen) atoms. The average molecular weight is 552 g/mol. The average Bonchev–Trinajstić information content (AvgIpc) is 3.14. The van der Waals surface area contributed by atoms with Crippen LogP contribution in [0.25, 0.3) is 10.6 Å². The highest BCUT2D eigenvalue weighted by atomic mass is 32.2. The van der Waals surface area contributed by atoms with Gasteiger partial charge in [-0.3, -0.25) is 0 Å². The molecule has 1 fully saturated rings. The zero-order chi connectivity index (χ0) is 25.3. The second kappa shape index (κ2) is 10.8. The van der Waals surface area contributed by atoms with E-state index in [0.29, 0.717) is 10.9 Å². The summed E-state index contributed by atoms with van der Waals surface area (Å²) in [6.45, 7) is 7.08. The van der Waals surface area contributed by atoms with Crippen LogP contribution in [0.15, 0.2) is 35.4 Å². The molecule has 1 unspecified atom stereocenters. The Balaban J connectivity index is 1.47. The predicted molar refractivity (Wildman–Crippen MR) is 146 cm³/mol. The van der Waals surface area contributed by atoms with Gasteiger partial charge in [-0.25, -0.2) is 9.97 Å². The van der Waals surface area contributed by atoms with E-state index < -0.39 is 11.7 Å². The van der Waals surface area contributed by atoms with E-state index in [1.165, 1.54) is 11.3 Å². The summed E-state index contributed by atoms with van der Waals surface area (Å²) in [5, 5.41) is 6.61. The topological polar surface area (TPSA) is 53.1 Å². The Labute approximate surface area is 221 Å². The maximum absolute atomic E-state index is 13.9. The fourth-order valence-electron chi connectivity index (χ4n) is 4.48. The summed E-state index contributed by atoms with van der Waals surface area (Å²) >= 11 is 4.92. The molecule has 3 aromatic rings. The van der Waals surface area contributed by atoms with Crippen LogP contribution in [0.2, 0.25) is 0 Å². The first-order chi connectivity index (χ1) is 17.3. The quantitative estimate of drug-likeness (QED) is 0.367. The Kier molecular flexibility index (Phi) is 7.71. The lowest BCUT2D eigenvalue weighted by atomic mass is 10.1. The summed E-state index contributed by atoms with van der Waals surface area (Å²) in [6.07, 6.45) is -2.86. The molecule has 2 aliphatic heterocycles. The fourth-order valence-corrected chi connectivity index (χ4v) is 8.23. The fraction of sp³-hybridized carbons (Fsp3) is 0.440. The number of thiophene rings is 1. The molecule has 4 heterocycles. The van der Waals surface area contributed by atoms with Crippen LogP contribution in [0.4, 0.5) is 30.5 Å². The molecule has 5 rings (SSSR count). The van der Waals surface area contributed by atoms with Crippen molar-refractivity contribution in [1.82, 2.24) is 15.3 Å². The van der Waals surface area contributed by atoms with Crippen molar-refractivity contribution in [2.75, 3.05) is 41.4 Å². The second-order valence-corrected chi connectivity index (χ2v) is 12.2. The summed E-state index contributed by atoms with van der Waals surface area (Å²) in [4.78, 5) is 13.6. The number of aromatic nitrogens is 2. The van der Waals surface area contributed by atoms with E-state index in [9.17, 15) is 13.2 Å². The van der Waals surface area contributed by atoms with Crippen molar-refractivity contribution in [1.29, 1.82) is 0 Å². The van der Waals surface area contributed by atoms with Gasteiger partial charge in [-0.1, -0.05) is 6.92 Å². The number of aryl methyl sites for hydroxylation is 1. The van der Waals surface area contributed by atoms with E-state index in [1.807, 2.05) is 23.9 Å². The summed E-state index contributed by atoms with van der Waals surface area (Å²) < 4.78 is 41.7. The van der Waals surface area contributed by atoms with Crippen molar-refractivity contribution in [3.05, 3.63) is 46.5 Å². The van der Waals surface area contributed by atoms with Gasteiger partial charge in [0.1, 0.15) is 5.56 Å². The molecule has 1 aromatic carbocycles. The molecule has 0 spiro atoms. The maximum Gasteiger partial charge on any atom is 0.420 e. The van der Waals surface area contributed by atoms with Gasteiger partial charge in [-0.15, -0.1) is 23.1 Å². The van der Waals surface area contributed by atoms with Gasteiger partial charge < -0.3 is 15.5 Å². The number of nitrogens with zero attached hydrogens (tertiary/aromatic N) is 3. The molecule has 2 N–H and O–H groups in total. The van der Waals surface area contributed by atoms with Gasteiger partial charge in [0, 0.05) is 70.3 Å². The lowest BCUT2D eigenvalue weighted by Gasteiger charge is -2.36. The zero-order valence-corrected chi connectivity index (χ0v) is 22.6. The molecule has 0 amide bonds. The number of benzene rings is 1. The molecule has 5 nitrogen and oxygen atoms in total. The molecule has 0 saturated carbocycles. The van der Waals surface area contributed by atoms with Crippen LogP contribution in [0.5, 0.6) is 0 Å². The minimum atomic E-state index is -4.53. The molecule has 2 aliphatic rings. The highest BCUT2D eigenvalue weighted by molar-refractivity contribution is 8.03. The van der Waals surface area contributed by atoms with Gasteiger partial charge in [0.15, 0.2) is 0 Å². The van der Waals surface area contributed by atoms with Crippen LogP contribution < -0.4 is 15.5 Å². The van der Waals surface area contributed by atoms with Crippen molar-refractivity contribution in [3.8, 4) is 10.6 Å². The number of halogens is 3. The lowest BCUT2D eigenvalue weighted by Crippen LogP contribution is -2.49. The van der Waals surface area contributed by atoms with Gasteiger partial charge in [-0.05, 0) is 43.2 Å². The number of nitrogens with one attached hydrogen (secondary N) is 2. The highest BCUT2D eigenvalue weighted by Crippen LogP contribution is 2.44. The normalized spacial score (nSPS) is 18.6. The zero-order valence-electron chi connectivity index (χ0n) is 20.1. The van der Waals surface area contributed by atoms with E-state index >= 15 is 0 Å². The standard InChI is InChI=1S/C25H28F3N5S3/c1-3-16-10-17(33-7-6-29-12-15(33)2)4-5-19(16)31-24-30-13-18(25(26,27)28)23(32-24)21-11-20-22(36-21)14-34-8-9-35-20/h4-5,10-11,13,15,29H,3,6-9,12,14H2,1-2H3,(H,30,31,32). The van der Waals surface area contributed by atoms with Crippen LogP contribution in [0.1, 0.15) is 29.9 Å². The third-order valence-electron chi connectivity index (χ3n) is 6.37. The Morgan fingerprint density at radius 2 is 2.08 bits per heavy atom. The molecular weight excluding hydrogens is 524 g/mol. The number of hydrogen-bond donors (Lipinski definition) is 2. The van der Waals surface area contributed by atoms with Crippen LogP contribution in [0.3, 0.4) is 0 Å². The smallest absolute Gasteiger partial charge is 0.366 e. The molecule has 1 atom stereocenters. The SMILES string of the molecule is CCc1cc(N2CCNCC2C)ccc1Nc1ncc(C(F)(F)F)c(-c2cc3c(s2)CSCCS3)n1. The second-order valence-electron chi connectivity index (χ2n) is 8.82. The third-order valence-corrected chi connectivity index (χ3v) is 10.1. The number of rotatable bonds is 5. The molecule has 0 radical (unpaired) electrons. The monoisotopic (exact) mass is 551 g/mol. The van der Waals surface area contributed by atoms with E-state index in [1.54, 1.807) is 11.8 Å². The van der Waals surface area contributed by atoms with Gasteiger partial charge in [-0.2, -0.15) is 24.9 Å². The summed E-state index contributed by atoms with van der Waals surface area (Å²) in [5.41, 5.74) is 2.16. The number of anilines is 3. The Bertz CT molecular complexity index is 1210. The molecule has 1 saturated heterocycles. The molecule has 11 heteroatoms. The van der Waals surface area contributed by atoms with E-state index in [0.717, 1.165) is 76.2 Å². The van der Waals surface area contributed by atoms with Crippen molar-refractivity contribution < 1.29 is 13.2 Å². The van der Waals surface area contributed by atoms with Gasteiger partial charge in [0.25, 0.3) is 0 Å². The van der Waals surface area contributed by atoms with Crippen molar-refractivity contribution in [2.45, 2.75) is 43.1 Å². The minimum Gasteiger partial charge on any atom is -0.366 e. The van der Waals surface area contributed by atoms with E-state index in [4.69, 9.17) is 0 Å². The predicted octanol–water partition coefficient (Wildman–Crippen LogP) is 6.67. The number of piperazine rings is 1. The first-order valence-corrected chi connectivity index (χ1v) is 14.9. The number of alkyl halides is 3. The number of fused-ring (bicyclic) bond motifs is 1. The Morgan fingerprint density at radius 3 is 2.86 bits per heavy atom. The largest absolute Gasteiger partial charge is 0.420 e. The van der Waals surface area contributed by atoms with Gasteiger partial charge in [0.2, 0.25) is 5.95 Å². The van der Waals surface area contributed by atoms with Gasteiger partial charge >= 0.3 is 6.18 Å². The molecule has 2 aromatic heterocycles. The third kappa shape index (κ3) is 5.49. The van der Waals surface area contributed by atoms with Crippen LogP contribution in [-0.2, 0) is 18.3 Å². The molecular formula is C25H28F3N5S3. The van der Waals surface area contributed by atoms with Crippen LogP contribution in [-0.4, -0.2) is 47.1 Å². The highest BCUT2D eigenvalue weighted by Gasteiger charge is 2.36. The molecule has 0 bridgehead atoms. The first kappa shape index (κ1) is 25.7. The van der Waals surface area contributed by atoms with E-state index in [2.05, 4.69) is 51.5 Å². The van der Waals surface area contributed by atoms with Crippen molar-refractivity contribution in [3.63, 3.8) is 0 Å². The van der Waals surface area contributed by atoms with Crippen LogP contribution >= 0.6 is 34.9 Å². The summed E-state index contributed by atoms with van der Waals surface area (Å²) in [7, 11) is 0. The Hall–Kier alpha value is -1.95.